The van der Waals surface area contributed by atoms with Gasteiger partial charge in [0.25, 0.3) is 0 Å². The first-order chi connectivity index (χ1) is 33.0. The van der Waals surface area contributed by atoms with Crippen LogP contribution in [0.4, 0.5) is 0 Å². The summed E-state index contributed by atoms with van der Waals surface area (Å²) in [4.78, 5) is 23.1. The number of aliphatic hydroxyl groups excluding tert-OH is 1. The van der Waals surface area contributed by atoms with Gasteiger partial charge in [-0.05, 0) is 51.4 Å². The van der Waals surface area contributed by atoms with Crippen LogP contribution >= 0.6 is 7.82 Å². The van der Waals surface area contributed by atoms with Crippen molar-refractivity contribution in [3.05, 3.63) is 48.6 Å². The van der Waals surface area contributed by atoms with Crippen molar-refractivity contribution in [2.75, 3.05) is 40.9 Å². The van der Waals surface area contributed by atoms with Crippen molar-refractivity contribution in [2.24, 2.45) is 0 Å². The van der Waals surface area contributed by atoms with Gasteiger partial charge in [0.15, 0.2) is 0 Å². The molecule has 0 heterocycles. The van der Waals surface area contributed by atoms with Crippen molar-refractivity contribution >= 4 is 13.7 Å². The molecule has 400 valence electrons. The summed E-state index contributed by atoms with van der Waals surface area (Å²) in [5.41, 5.74) is 0. The van der Waals surface area contributed by atoms with Gasteiger partial charge in [0, 0.05) is 6.42 Å². The number of nitrogens with zero attached hydrogens (tertiary/aromatic N) is 1. The van der Waals surface area contributed by atoms with E-state index in [0.29, 0.717) is 23.9 Å². The fraction of sp³-hybridized carbons (Fsp3) is 0.847. The smallest absolute Gasteiger partial charge is 0.391 e. The predicted molar refractivity (Wildman–Crippen MR) is 295 cm³/mol. The summed E-state index contributed by atoms with van der Waals surface area (Å²) < 4.78 is 23.6. The fourth-order valence-electron chi connectivity index (χ4n) is 8.57. The van der Waals surface area contributed by atoms with Gasteiger partial charge in [-0.2, -0.15) is 0 Å². The minimum Gasteiger partial charge on any atom is -0.391 e. The Kier molecular flexibility index (Phi) is 49.3. The third-order valence-electron chi connectivity index (χ3n) is 13.1. The van der Waals surface area contributed by atoms with Crippen LogP contribution in [0.1, 0.15) is 271 Å². The van der Waals surface area contributed by atoms with Crippen LogP contribution in [-0.2, 0) is 18.4 Å². The first-order valence-electron chi connectivity index (χ1n) is 29.0. The molecule has 0 saturated heterocycles. The second kappa shape index (κ2) is 50.4. The molecule has 0 rings (SSSR count). The zero-order valence-electron chi connectivity index (χ0n) is 45.6. The second-order valence-corrected chi connectivity index (χ2v) is 22.4. The maximum Gasteiger partial charge on any atom is 0.472 e. The molecule has 1 amide bonds. The molecule has 0 aliphatic heterocycles. The molecule has 0 bridgehead atoms. The molecule has 0 spiro atoms. The Balaban J connectivity index is 3.73. The van der Waals surface area contributed by atoms with Crippen molar-refractivity contribution in [3.8, 4) is 0 Å². The first-order valence-corrected chi connectivity index (χ1v) is 30.5. The molecule has 0 aliphatic rings. The van der Waals surface area contributed by atoms with Crippen LogP contribution in [-0.4, -0.2) is 73.4 Å². The van der Waals surface area contributed by atoms with Crippen molar-refractivity contribution in [3.63, 3.8) is 0 Å². The fourth-order valence-corrected chi connectivity index (χ4v) is 9.31. The van der Waals surface area contributed by atoms with Gasteiger partial charge >= 0.3 is 7.82 Å². The predicted octanol–water partition coefficient (Wildman–Crippen LogP) is 17.5. The van der Waals surface area contributed by atoms with Crippen LogP contribution in [0.15, 0.2) is 48.6 Å². The minimum absolute atomic E-state index is 0.0757. The highest BCUT2D eigenvalue weighted by Crippen LogP contribution is 2.43. The van der Waals surface area contributed by atoms with Gasteiger partial charge < -0.3 is 19.8 Å². The van der Waals surface area contributed by atoms with Gasteiger partial charge in [-0.1, -0.05) is 262 Å². The third kappa shape index (κ3) is 52.3. The standard InChI is InChI=1S/C59H113N2O6P/c1-6-8-10-12-14-15-16-17-18-19-20-21-22-23-24-25-26-27-28-29-30-31-32-33-34-35-36-37-38-39-40-41-42-43-44-45-47-49-51-53-59(63)60-57(58(62)52-50-48-46-13-11-9-7-2)56-67-68(64,65)66-55-54-61(3,4)5/h8,10,14-15,17-18,20-21,57-58,62H,6-7,9,11-13,16,19,22-56H2,1-5H3,(H-,60,63,64,65)/p+1/b10-8-,15-14-,18-17-,21-20-. The Hall–Kier alpha value is -1.54. The van der Waals surface area contributed by atoms with E-state index in [1.54, 1.807) is 0 Å². The second-order valence-electron chi connectivity index (χ2n) is 21.0. The largest absolute Gasteiger partial charge is 0.472 e. The number of unbranched alkanes of at least 4 members (excludes halogenated alkanes) is 32. The number of aliphatic hydroxyl groups is 1. The number of likely N-dealkylation sites (N-methyl/N-ethyl adjacent to an activating group) is 1. The average molecular weight is 979 g/mol. The van der Waals surface area contributed by atoms with E-state index in [4.69, 9.17) is 9.05 Å². The van der Waals surface area contributed by atoms with Crippen LogP contribution in [0.3, 0.4) is 0 Å². The number of hydrogen-bond donors (Lipinski definition) is 3. The summed E-state index contributed by atoms with van der Waals surface area (Å²) in [6.45, 7) is 4.74. The Morgan fingerprint density at radius 2 is 0.882 bits per heavy atom. The lowest BCUT2D eigenvalue weighted by Crippen LogP contribution is -2.46. The lowest BCUT2D eigenvalue weighted by molar-refractivity contribution is -0.870. The Morgan fingerprint density at radius 1 is 0.515 bits per heavy atom. The summed E-state index contributed by atoms with van der Waals surface area (Å²) in [6.07, 6.45) is 66.6. The molecule has 3 atom stereocenters. The molecule has 0 aromatic rings. The number of rotatable bonds is 53. The summed E-state index contributed by atoms with van der Waals surface area (Å²) in [5.74, 6) is -0.145. The van der Waals surface area contributed by atoms with Crippen molar-refractivity contribution in [1.29, 1.82) is 0 Å². The molecule has 0 aromatic heterocycles. The van der Waals surface area contributed by atoms with E-state index in [9.17, 15) is 19.4 Å². The lowest BCUT2D eigenvalue weighted by Gasteiger charge is -2.26. The van der Waals surface area contributed by atoms with E-state index in [1.165, 1.54) is 180 Å². The molecule has 3 unspecified atom stereocenters. The normalized spacial score (nSPS) is 14.3. The van der Waals surface area contributed by atoms with Gasteiger partial charge in [-0.15, -0.1) is 0 Å². The van der Waals surface area contributed by atoms with E-state index in [0.717, 1.165) is 64.2 Å². The molecule has 0 aromatic carbocycles. The van der Waals surface area contributed by atoms with Gasteiger partial charge in [-0.25, -0.2) is 4.57 Å². The summed E-state index contributed by atoms with van der Waals surface area (Å²) >= 11 is 0. The van der Waals surface area contributed by atoms with E-state index >= 15 is 0 Å². The van der Waals surface area contributed by atoms with Crippen molar-refractivity contribution in [1.82, 2.24) is 5.32 Å². The topological polar surface area (TPSA) is 105 Å². The van der Waals surface area contributed by atoms with E-state index in [-0.39, 0.29) is 19.1 Å². The third-order valence-corrected chi connectivity index (χ3v) is 14.1. The molecular formula is C59H114N2O6P+. The number of quaternary nitrogens is 1. The maximum absolute atomic E-state index is 12.9. The van der Waals surface area contributed by atoms with Gasteiger partial charge in [0.05, 0.1) is 39.9 Å². The Bertz CT molecular complexity index is 1250. The van der Waals surface area contributed by atoms with E-state index < -0.39 is 20.0 Å². The van der Waals surface area contributed by atoms with E-state index in [2.05, 4.69) is 67.8 Å². The Labute approximate surface area is 422 Å². The van der Waals surface area contributed by atoms with Crippen LogP contribution in [0, 0.1) is 0 Å². The molecule has 9 heteroatoms. The van der Waals surface area contributed by atoms with Crippen molar-refractivity contribution < 1.29 is 32.9 Å². The summed E-state index contributed by atoms with van der Waals surface area (Å²) in [7, 11) is 1.62. The Morgan fingerprint density at radius 3 is 1.29 bits per heavy atom. The molecule has 0 aliphatic carbocycles. The SMILES string of the molecule is CC/C=C\C/C=C\C/C=C\C/C=C\CCCCCCCCCCCCCCCCCCCCCCCCCCCCC(=O)NC(COP(=O)(O)OCC[N+](C)(C)C)C(O)CCCCCCCCC. The molecule has 0 fully saturated rings. The number of phosphoric ester groups is 1. The van der Waals surface area contributed by atoms with Crippen LogP contribution in [0.5, 0.6) is 0 Å². The molecule has 0 saturated carbocycles. The van der Waals surface area contributed by atoms with Gasteiger partial charge in [0.1, 0.15) is 13.2 Å². The number of hydrogen-bond acceptors (Lipinski definition) is 5. The summed E-state index contributed by atoms with van der Waals surface area (Å²) in [6, 6.07) is -0.755. The number of allylic oxidation sites excluding steroid dienone is 8. The number of carbonyl (C=O) groups excluding carboxylic acids is 1. The molecule has 68 heavy (non-hydrogen) atoms. The van der Waals surface area contributed by atoms with Crippen LogP contribution in [0.2, 0.25) is 0 Å². The lowest BCUT2D eigenvalue weighted by atomic mass is 10.0. The highest BCUT2D eigenvalue weighted by Gasteiger charge is 2.28. The number of carbonyl (C=O) groups is 1. The monoisotopic (exact) mass is 978 g/mol. The minimum atomic E-state index is -4.31. The zero-order valence-corrected chi connectivity index (χ0v) is 46.5. The zero-order chi connectivity index (χ0) is 49.9. The van der Waals surface area contributed by atoms with E-state index in [1.807, 2.05) is 21.1 Å². The maximum atomic E-state index is 12.9. The molecular weight excluding hydrogens is 864 g/mol. The number of nitrogens with one attached hydrogen (secondary N) is 1. The highest BCUT2D eigenvalue weighted by molar-refractivity contribution is 7.47. The molecule has 8 nitrogen and oxygen atoms in total. The number of phosphoric acid groups is 1. The van der Waals surface area contributed by atoms with Crippen LogP contribution in [0.25, 0.3) is 0 Å². The average Bonchev–Trinajstić information content (AvgIpc) is 3.30. The quantitative estimate of drug-likeness (QED) is 0.0243. The van der Waals surface area contributed by atoms with Gasteiger partial charge in [-0.3, -0.25) is 13.8 Å². The van der Waals surface area contributed by atoms with Gasteiger partial charge in [0.2, 0.25) is 5.91 Å². The first kappa shape index (κ1) is 66.5. The molecule has 0 radical (unpaired) electrons. The summed E-state index contributed by atoms with van der Waals surface area (Å²) in [5, 5.41) is 13.9. The van der Waals surface area contributed by atoms with Crippen LogP contribution < -0.4 is 5.32 Å². The highest BCUT2D eigenvalue weighted by atomic mass is 31.2. The molecule has 3 N–H and O–H groups in total. The van der Waals surface area contributed by atoms with Crippen molar-refractivity contribution in [2.45, 2.75) is 283 Å². The number of amides is 1.